The maximum absolute atomic E-state index is 13.0. The Morgan fingerprint density at radius 1 is 1.35 bits per heavy atom. The molecule has 2 heterocycles. The minimum absolute atomic E-state index is 0.0113. The zero-order valence-corrected chi connectivity index (χ0v) is 16.5. The molecule has 1 aromatic heterocycles. The standard InChI is InChI=1S/C18H22N2O4S2/c1-13-3-5-14(6-4-13)17-19-16(11-25-17)18(21)20(8-9-24-2)15-7-10-26(22,23)12-15/h3-6,11,15H,7-10,12H2,1-2H3. The Morgan fingerprint density at radius 2 is 2.08 bits per heavy atom. The highest BCUT2D eigenvalue weighted by Gasteiger charge is 2.35. The fraction of sp³-hybridized carbons (Fsp3) is 0.444. The molecule has 1 aromatic carbocycles. The van der Waals surface area contributed by atoms with Gasteiger partial charge in [0.15, 0.2) is 9.84 Å². The van der Waals surface area contributed by atoms with E-state index in [4.69, 9.17) is 4.74 Å². The van der Waals surface area contributed by atoms with Crippen molar-refractivity contribution in [3.8, 4) is 10.6 Å². The first-order valence-corrected chi connectivity index (χ1v) is 11.1. The lowest BCUT2D eigenvalue weighted by molar-refractivity contribution is 0.0619. The summed E-state index contributed by atoms with van der Waals surface area (Å²) in [4.78, 5) is 19.1. The van der Waals surface area contributed by atoms with E-state index in [1.165, 1.54) is 11.3 Å². The molecule has 1 saturated heterocycles. The molecule has 1 unspecified atom stereocenters. The molecule has 6 nitrogen and oxygen atoms in total. The molecule has 1 aliphatic rings. The van der Waals surface area contributed by atoms with Crippen molar-refractivity contribution < 1.29 is 17.9 Å². The summed E-state index contributed by atoms with van der Waals surface area (Å²) in [6, 6.07) is 7.66. The molecule has 3 rings (SSSR count). The number of aryl methyl sites for hydroxylation is 1. The Bertz CT molecular complexity index is 875. The summed E-state index contributed by atoms with van der Waals surface area (Å²) in [7, 11) is -1.51. The molecule has 0 aliphatic carbocycles. The molecule has 140 valence electrons. The second-order valence-electron chi connectivity index (χ2n) is 6.45. The van der Waals surface area contributed by atoms with Crippen molar-refractivity contribution in [2.45, 2.75) is 19.4 Å². The largest absolute Gasteiger partial charge is 0.383 e. The zero-order valence-electron chi connectivity index (χ0n) is 14.8. The van der Waals surface area contributed by atoms with Crippen LogP contribution in [0.3, 0.4) is 0 Å². The van der Waals surface area contributed by atoms with Crippen LogP contribution in [-0.4, -0.2) is 62.0 Å². The number of benzene rings is 1. The van der Waals surface area contributed by atoms with Crippen molar-refractivity contribution >= 4 is 27.1 Å². The first-order chi connectivity index (χ1) is 12.4. The van der Waals surface area contributed by atoms with Gasteiger partial charge in [-0.3, -0.25) is 4.79 Å². The third-order valence-electron chi connectivity index (χ3n) is 4.47. The summed E-state index contributed by atoms with van der Waals surface area (Å²) < 4.78 is 28.7. The van der Waals surface area contributed by atoms with Gasteiger partial charge < -0.3 is 9.64 Å². The Kier molecular flexibility index (Phi) is 5.74. The Balaban J connectivity index is 1.81. The molecule has 1 atom stereocenters. The molecule has 8 heteroatoms. The third-order valence-corrected chi connectivity index (χ3v) is 7.11. The highest BCUT2D eigenvalue weighted by molar-refractivity contribution is 7.91. The molecule has 1 amide bonds. The fourth-order valence-corrected chi connectivity index (χ4v) is 5.54. The number of thiazole rings is 1. The van der Waals surface area contributed by atoms with Crippen LogP contribution in [0.4, 0.5) is 0 Å². The van der Waals surface area contributed by atoms with E-state index in [2.05, 4.69) is 4.98 Å². The van der Waals surface area contributed by atoms with Crippen LogP contribution in [-0.2, 0) is 14.6 Å². The van der Waals surface area contributed by atoms with Gasteiger partial charge in [0, 0.05) is 30.6 Å². The molecule has 2 aromatic rings. The maximum atomic E-state index is 13.0. The van der Waals surface area contributed by atoms with Crippen LogP contribution in [0, 0.1) is 6.92 Å². The van der Waals surface area contributed by atoms with E-state index < -0.39 is 9.84 Å². The van der Waals surface area contributed by atoms with Gasteiger partial charge in [0.1, 0.15) is 10.7 Å². The van der Waals surface area contributed by atoms with Gasteiger partial charge in [-0.15, -0.1) is 11.3 Å². The fourth-order valence-electron chi connectivity index (χ4n) is 3.01. The lowest BCUT2D eigenvalue weighted by Gasteiger charge is -2.27. The summed E-state index contributed by atoms with van der Waals surface area (Å²) in [5, 5.41) is 2.51. The van der Waals surface area contributed by atoms with E-state index in [-0.39, 0.29) is 23.5 Å². The number of amides is 1. The minimum Gasteiger partial charge on any atom is -0.383 e. The molecular weight excluding hydrogens is 372 g/mol. The summed E-state index contributed by atoms with van der Waals surface area (Å²) in [5.41, 5.74) is 2.48. The van der Waals surface area contributed by atoms with Gasteiger partial charge in [-0.25, -0.2) is 13.4 Å². The van der Waals surface area contributed by atoms with Crippen LogP contribution in [0.2, 0.25) is 0 Å². The number of methoxy groups -OCH3 is 1. The number of ether oxygens (including phenoxy) is 1. The van der Waals surface area contributed by atoms with E-state index in [9.17, 15) is 13.2 Å². The van der Waals surface area contributed by atoms with Crippen molar-refractivity contribution in [1.29, 1.82) is 0 Å². The van der Waals surface area contributed by atoms with Gasteiger partial charge in [-0.1, -0.05) is 29.8 Å². The molecule has 1 fully saturated rings. The minimum atomic E-state index is -3.08. The first kappa shape index (κ1) is 19.0. The normalized spacial score (nSPS) is 18.8. The van der Waals surface area contributed by atoms with E-state index in [0.29, 0.717) is 25.3 Å². The molecule has 0 spiro atoms. The summed E-state index contributed by atoms with van der Waals surface area (Å²) in [6.07, 6.45) is 0.465. The molecule has 1 aliphatic heterocycles. The molecule has 0 N–H and O–H groups in total. The number of carbonyl (C=O) groups is 1. The highest BCUT2D eigenvalue weighted by atomic mass is 32.2. The van der Waals surface area contributed by atoms with Crippen molar-refractivity contribution in [2.75, 3.05) is 31.8 Å². The van der Waals surface area contributed by atoms with Crippen LogP contribution in [0.15, 0.2) is 29.6 Å². The van der Waals surface area contributed by atoms with Crippen molar-refractivity contribution in [3.63, 3.8) is 0 Å². The van der Waals surface area contributed by atoms with Crippen LogP contribution >= 0.6 is 11.3 Å². The number of sulfone groups is 1. The van der Waals surface area contributed by atoms with E-state index in [0.717, 1.165) is 16.1 Å². The first-order valence-electron chi connectivity index (χ1n) is 8.42. The van der Waals surface area contributed by atoms with E-state index >= 15 is 0 Å². The number of nitrogens with zero attached hydrogens (tertiary/aromatic N) is 2. The van der Waals surface area contributed by atoms with Crippen molar-refractivity contribution in [1.82, 2.24) is 9.88 Å². The lowest BCUT2D eigenvalue weighted by Crippen LogP contribution is -2.43. The van der Waals surface area contributed by atoms with Crippen molar-refractivity contribution in [2.24, 2.45) is 0 Å². The molecule has 0 bridgehead atoms. The number of aromatic nitrogens is 1. The van der Waals surface area contributed by atoms with Crippen LogP contribution in [0.25, 0.3) is 10.6 Å². The summed E-state index contributed by atoms with van der Waals surface area (Å²) in [5.74, 6) is -0.101. The molecular formula is C18H22N2O4S2. The van der Waals surface area contributed by atoms with Crippen LogP contribution in [0.5, 0.6) is 0 Å². The number of rotatable bonds is 6. The second kappa shape index (κ2) is 7.85. The molecule has 0 radical (unpaired) electrons. The van der Waals surface area contributed by atoms with Gasteiger partial charge in [0.05, 0.1) is 18.1 Å². The van der Waals surface area contributed by atoms with Gasteiger partial charge in [0.2, 0.25) is 0 Å². The predicted octanol–water partition coefficient (Wildman–Crippen LogP) is 2.39. The zero-order chi connectivity index (χ0) is 18.7. The van der Waals surface area contributed by atoms with Gasteiger partial charge in [-0.05, 0) is 13.3 Å². The average Bonchev–Trinajstić information content (AvgIpc) is 3.23. The van der Waals surface area contributed by atoms with Crippen LogP contribution < -0.4 is 0 Å². The number of hydrogen-bond acceptors (Lipinski definition) is 6. The Labute approximate surface area is 157 Å². The van der Waals surface area contributed by atoms with E-state index in [1.54, 1.807) is 17.4 Å². The molecule has 0 saturated carbocycles. The second-order valence-corrected chi connectivity index (χ2v) is 9.54. The number of carbonyl (C=O) groups excluding carboxylic acids is 1. The monoisotopic (exact) mass is 394 g/mol. The lowest BCUT2D eigenvalue weighted by atomic mass is 10.2. The quantitative estimate of drug-likeness (QED) is 0.752. The van der Waals surface area contributed by atoms with Crippen molar-refractivity contribution in [3.05, 3.63) is 40.9 Å². The highest BCUT2D eigenvalue weighted by Crippen LogP contribution is 2.26. The van der Waals surface area contributed by atoms with Gasteiger partial charge in [-0.2, -0.15) is 0 Å². The van der Waals surface area contributed by atoms with E-state index in [1.807, 2.05) is 31.2 Å². The molecule has 26 heavy (non-hydrogen) atoms. The topological polar surface area (TPSA) is 76.6 Å². The van der Waals surface area contributed by atoms with Gasteiger partial charge in [0.25, 0.3) is 5.91 Å². The SMILES string of the molecule is COCCN(C(=O)c1csc(-c2ccc(C)cc2)n1)C1CCS(=O)(=O)C1. The van der Waals surface area contributed by atoms with Gasteiger partial charge >= 0.3 is 0 Å². The Hall–Kier alpha value is -1.77. The number of hydrogen-bond donors (Lipinski definition) is 0. The maximum Gasteiger partial charge on any atom is 0.273 e. The summed E-state index contributed by atoms with van der Waals surface area (Å²) in [6.45, 7) is 2.73. The third kappa shape index (κ3) is 4.31. The predicted molar refractivity (Wildman–Crippen MR) is 102 cm³/mol. The van der Waals surface area contributed by atoms with Crippen LogP contribution in [0.1, 0.15) is 22.5 Å². The average molecular weight is 395 g/mol. The summed E-state index contributed by atoms with van der Waals surface area (Å²) >= 11 is 1.41. The smallest absolute Gasteiger partial charge is 0.273 e. The Morgan fingerprint density at radius 3 is 2.69 bits per heavy atom.